The maximum absolute atomic E-state index is 12.6. The fourth-order valence-electron chi connectivity index (χ4n) is 4.19. The molecule has 1 aromatic carbocycles. The second-order valence-electron chi connectivity index (χ2n) is 8.58. The van der Waals surface area contributed by atoms with Crippen LogP contribution in [0.25, 0.3) is 0 Å². The topological polar surface area (TPSA) is 82.5 Å². The van der Waals surface area contributed by atoms with Gasteiger partial charge in [-0.05, 0) is 44.0 Å². The first-order chi connectivity index (χ1) is 15.5. The zero-order valence-electron chi connectivity index (χ0n) is 19.2. The number of carbonyl (C=O) groups excluding carboxylic acids is 2. The summed E-state index contributed by atoms with van der Waals surface area (Å²) in [4.78, 5) is 30.7. The van der Waals surface area contributed by atoms with Crippen LogP contribution in [-0.4, -0.2) is 103 Å². The molecule has 32 heavy (non-hydrogen) atoms. The monoisotopic (exact) mass is 447 g/mol. The van der Waals surface area contributed by atoms with Gasteiger partial charge >= 0.3 is 5.97 Å². The van der Waals surface area contributed by atoms with Crippen molar-refractivity contribution in [1.82, 2.24) is 14.7 Å². The quantitative estimate of drug-likeness (QED) is 0.576. The van der Waals surface area contributed by atoms with Crippen molar-refractivity contribution in [2.24, 2.45) is 0 Å². The Bertz CT molecular complexity index is 711. The first kappa shape index (κ1) is 24.5. The van der Waals surface area contributed by atoms with Crippen molar-refractivity contribution in [2.75, 3.05) is 65.6 Å². The molecular weight excluding hydrogens is 410 g/mol. The molecule has 8 nitrogen and oxygen atoms in total. The van der Waals surface area contributed by atoms with Crippen LogP contribution in [0, 0.1) is 0 Å². The molecule has 1 N–H and O–H groups in total. The van der Waals surface area contributed by atoms with Crippen LogP contribution in [0.4, 0.5) is 0 Å². The molecule has 2 fully saturated rings. The molecule has 1 unspecified atom stereocenters. The summed E-state index contributed by atoms with van der Waals surface area (Å²) < 4.78 is 10.6. The summed E-state index contributed by atoms with van der Waals surface area (Å²) in [7, 11) is 0. The van der Waals surface area contributed by atoms with Gasteiger partial charge in [-0.3, -0.25) is 14.6 Å². The summed E-state index contributed by atoms with van der Waals surface area (Å²) in [5.41, 5.74) is 0.479. The summed E-state index contributed by atoms with van der Waals surface area (Å²) in [5.74, 6) is 0.503. The molecule has 1 aromatic rings. The number of amides is 1. The molecule has 2 aliphatic heterocycles. The van der Waals surface area contributed by atoms with Crippen molar-refractivity contribution in [2.45, 2.75) is 38.7 Å². The maximum atomic E-state index is 12.6. The van der Waals surface area contributed by atoms with Gasteiger partial charge in [0.15, 0.2) is 0 Å². The number of hydrogen-bond acceptors (Lipinski definition) is 7. The third-order valence-electron chi connectivity index (χ3n) is 6.06. The van der Waals surface area contributed by atoms with Gasteiger partial charge in [0.1, 0.15) is 18.5 Å². The number of carbonyl (C=O) groups is 2. The second kappa shape index (κ2) is 12.8. The van der Waals surface area contributed by atoms with Gasteiger partial charge in [0, 0.05) is 45.8 Å². The Morgan fingerprint density at radius 2 is 1.56 bits per heavy atom. The van der Waals surface area contributed by atoms with Crippen LogP contribution < -0.4 is 4.74 Å². The van der Waals surface area contributed by atoms with E-state index in [9.17, 15) is 14.7 Å². The van der Waals surface area contributed by atoms with Crippen molar-refractivity contribution < 1.29 is 24.2 Å². The van der Waals surface area contributed by atoms with Crippen molar-refractivity contribution in [3.63, 3.8) is 0 Å². The van der Waals surface area contributed by atoms with Gasteiger partial charge in [-0.25, -0.2) is 4.79 Å². The predicted octanol–water partition coefficient (Wildman–Crippen LogP) is 1.62. The van der Waals surface area contributed by atoms with Gasteiger partial charge in [-0.15, -0.1) is 0 Å². The van der Waals surface area contributed by atoms with Gasteiger partial charge in [-0.2, -0.15) is 0 Å². The minimum absolute atomic E-state index is 0.187. The van der Waals surface area contributed by atoms with Gasteiger partial charge in [-0.1, -0.05) is 12.8 Å². The van der Waals surface area contributed by atoms with Crippen molar-refractivity contribution >= 4 is 11.9 Å². The molecule has 2 heterocycles. The number of esters is 1. The van der Waals surface area contributed by atoms with E-state index in [1.54, 1.807) is 31.2 Å². The number of aliphatic hydroxyl groups is 1. The molecule has 0 bridgehead atoms. The van der Waals surface area contributed by atoms with E-state index in [-0.39, 0.29) is 18.5 Å². The number of benzene rings is 1. The normalized spacial score (nSPS) is 19.2. The number of rotatable bonds is 9. The lowest BCUT2D eigenvalue weighted by molar-refractivity contribution is -0.132. The summed E-state index contributed by atoms with van der Waals surface area (Å²) in [6.45, 7) is 8.47. The lowest BCUT2D eigenvalue weighted by Gasteiger charge is -2.36. The number of hydrogen-bond donors (Lipinski definition) is 1. The molecule has 2 saturated heterocycles. The number of ether oxygens (including phenoxy) is 2. The molecule has 1 amide bonds. The average molecular weight is 448 g/mol. The van der Waals surface area contributed by atoms with E-state index < -0.39 is 6.10 Å². The van der Waals surface area contributed by atoms with Gasteiger partial charge in [0.05, 0.1) is 18.7 Å². The molecule has 1 atom stereocenters. The molecule has 0 radical (unpaired) electrons. The summed E-state index contributed by atoms with van der Waals surface area (Å²) in [6, 6.07) is 6.73. The first-order valence-electron chi connectivity index (χ1n) is 11.9. The maximum Gasteiger partial charge on any atom is 0.338 e. The van der Waals surface area contributed by atoms with Gasteiger partial charge in [0.2, 0.25) is 5.91 Å². The number of β-amino-alcohol motifs (C(OH)–C–C–N with tert-alkyl or cyclic N) is 1. The Labute approximate surface area is 191 Å². The van der Waals surface area contributed by atoms with Crippen molar-refractivity contribution in [3.8, 4) is 5.75 Å². The Morgan fingerprint density at radius 3 is 2.19 bits per heavy atom. The third-order valence-corrected chi connectivity index (χ3v) is 6.06. The number of likely N-dealkylation sites (tertiary alicyclic amines) is 1. The molecule has 0 aromatic heterocycles. The molecule has 0 saturated carbocycles. The molecule has 178 valence electrons. The lowest BCUT2D eigenvalue weighted by Crippen LogP contribution is -2.51. The summed E-state index contributed by atoms with van der Waals surface area (Å²) in [6.07, 6.45) is 4.09. The fraction of sp³-hybridized carbons (Fsp3) is 0.667. The fourth-order valence-corrected chi connectivity index (χ4v) is 4.19. The molecule has 3 rings (SSSR count). The smallest absolute Gasteiger partial charge is 0.338 e. The van der Waals surface area contributed by atoms with Crippen molar-refractivity contribution in [1.29, 1.82) is 0 Å². The lowest BCUT2D eigenvalue weighted by atomic mass is 10.2. The molecule has 0 spiro atoms. The Morgan fingerprint density at radius 1 is 0.938 bits per heavy atom. The second-order valence-corrected chi connectivity index (χ2v) is 8.58. The third kappa shape index (κ3) is 7.76. The number of piperazine rings is 1. The van der Waals surface area contributed by atoms with E-state index in [0.29, 0.717) is 31.0 Å². The standard InChI is InChI=1S/C24H37N3O5/c1-2-31-24(30)20-7-9-22(10-8-20)32-19-21(28)17-25-13-15-26(16-14-25)18-23(29)27-11-5-3-4-6-12-27/h7-10,21,28H,2-6,11-19H2,1H3. The summed E-state index contributed by atoms with van der Waals surface area (Å²) >= 11 is 0. The molecular formula is C24H37N3O5. The zero-order valence-corrected chi connectivity index (χ0v) is 19.2. The average Bonchev–Trinajstić information content (AvgIpc) is 3.09. The number of nitrogens with zero attached hydrogens (tertiary/aromatic N) is 3. The molecule has 2 aliphatic rings. The molecule has 8 heteroatoms. The minimum atomic E-state index is -0.606. The van der Waals surface area contributed by atoms with Crippen LogP contribution in [0.5, 0.6) is 5.75 Å². The molecule has 0 aliphatic carbocycles. The Hall–Kier alpha value is -2.16. The van der Waals surface area contributed by atoms with Crippen LogP contribution in [0.15, 0.2) is 24.3 Å². The van der Waals surface area contributed by atoms with Gasteiger partial charge in [0.25, 0.3) is 0 Å². The number of aliphatic hydroxyl groups excluding tert-OH is 1. The van der Waals surface area contributed by atoms with Crippen LogP contribution >= 0.6 is 0 Å². The highest BCUT2D eigenvalue weighted by Crippen LogP contribution is 2.14. The van der Waals surface area contributed by atoms with Crippen LogP contribution in [-0.2, 0) is 9.53 Å². The largest absolute Gasteiger partial charge is 0.491 e. The van der Waals surface area contributed by atoms with E-state index in [1.165, 1.54) is 12.8 Å². The zero-order chi connectivity index (χ0) is 22.8. The van der Waals surface area contributed by atoms with Gasteiger partial charge < -0.3 is 19.5 Å². The van der Waals surface area contributed by atoms with E-state index >= 15 is 0 Å². The van der Waals surface area contributed by atoms with Crippen LogP contribution in [0.3, 0.4) is 0 Å². The highest BCUT2D eigenvalue weighted by Gasteiger charge is 2.23. The van der Waals surface area contributed by atoms with Crippen LogP contribution in [0.1, 0.15) is 43.0 Å². The summed E-state index contributed by atoms with van der Waals surface area (Å²) in [5, 5.41) is 10.4. The van der Waals surface area contributed by atoms with E-state index in [0.717, 1.165) is 52.1 Å². The van der Waals surface area contributed by atoms with Crippen molar-refractivity contribution in [3.05, 3.63) is 29.8 Å². The highest BCUT2D eigenvalue weighted by atomic mass is 16.5. The van der Waals surface area contributed by atoms with E-state index in [1.807, 2.05) is 4.90 Å². The Balaban J connectivity index is 1.33. The SMILES string of the molecule is CCOC(=O)c1ccc(OCC(O)CN2CCN(CC(=O)N3CCCCCC3)CC2)cc1. The van der Waals surface area contributed by atoms with E-state index in [4.69, 9.17) is 9.47 Å². The Kier molecular flexibility index (Phi) is 9.77. The highest BCUT2D eigenvalue weighted by molar-refractivity contribution is 5.89. The first-order valence-corrected chi connectivity index (χ1v) is 11.9. The predicted molar refractivity (Wildman–Crippen MR) is 122 cm³/mol. The minimum Gasteiger partial charge on any atom is -0.491 e. The van der Waals surface area contributed by atoms with E-state index in [2.05, 4.69) is 9.80 Å². The van der Waals surface area contributed by atoms with Crippen LogP contribution in [0.2, 0.25) is 0 Å².